The molecule has 0 spiro atoms. The largest absolute Gasteiger partial charge is 0.352 e. The SMILES string of the molecule is CC[C@H](C(=O)NC1CC1)n1nc(C)c2c(C)n(-c3ccccc3)nc2c1=O. The number of rotatable bonds is 5. The summed E-state index contributed by atoms with van der Waals surface area (Å²) in [6, 6.07) is 9.30. The molecule has 2 aromatic heterocycles. The van der Waals surface area contributed by atoms with E-state index < -0.39 is 6.04 Å². The zero-order chi connectivity index (χ0) is 19.1. The maximum absolute atomic E-state index is 13.1. The van der Waals surface area contributed by atoms with Gasteiger partial charge in [-0.3, -0.25) is 9.59 Å². The van der Waals surface area contributed by atoms with E-state index in [0.29, 0.717) is 17.6 Å². The Morgan fingerprint density at radius 2 is 1.93 bits per heavy atom. The molecule has 7 nitrogen and oxygen atoms in total. The average molecular weight is 365 g/mol. The molecule has 7 heteroatoms. The molecule has 0 unspecified atom stereocenters. The average Bonchev–Trinajstić information content (AvgIpc) is 3.40. The molecule has 0 radical (unpaired) electrons. The Hall–Kier alpha value is -2.96. The van der Waals surface area contributed by atoms with Gasteiger partial charge < -0.3 is 5.32 Å². The number of amides is 1. The van der Waals surface area contributed by atoms with E-state index in [4.69, 9.17) is 0 Å². The van der Waals surface area contributed by atoms with Gasteiger partial charge >= 0.3 is 0 Å². The lowest BCUT2D eigenvalue weighted by atomic mass is 10.2. The van der Waals surface area contributed by atoms with E-state index in [2.05, 4.69) is 15.5 Å². The molecule has 2 heterocycles. The van der Waals surface area contributed by atoms with E-state index in [1.165, 1.54) is 4.68 Å². The molecular weight excluding hydrogens is 342 g/mol. The molecule has 4 rings (SSSR count). The van der Waals surface area contributed by atoms with E-state index in [1.807, 2.05) is 51.1 Å². The summed E-state index contributed by atoms with van der Waals surface area (Å²) in [5.41, 5.74) is 2.46. The number of carbonyl (C=O) groups is 1. The van der Waals surface area contributed by atoms with E-state index >= 15 is 0 Å². The third-order valence-electron chi connectivity index (χ3n) is 5.06. The van der Waals surface area contributed by atoms with Crippen molar-refractivity contribution in [2.75, 3.05) is 0 Å². The molecule has 3 aromatic rings. The van der Waals surface area contributed by atoms with Gasteiger partial charge in [-0.15, -0.1) is 0 Å². The van der Waals surface area contributed by atoms with Crippen molar-refractivity contribution in [2.24, 2.45) is 0 Å². The van der Waals surface area contributed by atoms with E-state index in [9.17, 15) is 9.59 Å². The zero-order valence-electron chi connectivity index (χ0n) is 15.8. The van der Waals surface area contributed by atoms with Crippen molar-refractivity contribution >= 4 is 16.8 Å². The number of hydrogen-bond donors (Lipinski definition) is 1. The van der Waals surface area contributed by atoms with Gasteiger partial charge in [0.25, 0.3) is 5.56 Å². The quantitative estimate of drug-likeness (QED) is 0.753. The van der Waals surface area contributed by atoms with Crippen LogP contribution in [-0.4, -0.2) is 31.5 Å². The van der Waals surface area contributed by atoms with Crippen LogP contribution in [0.2, 0.25) is 0 Å². The van der Waals surface area contributed by atoms with Crippen molar-refractivity contribution in [1.29, 1.82) is 0 Å². The van der Waals surface area contributed by atoms with Crippen LogP contribution < -0.4 is 10.9 Å². The zero-order valence-corrected chi connectivity index (χ0v) is 15.8. The fraction of sp³-hybridized carbons (Fsp3) is 0.400. The summed E-state index contributed by atoms with van der Waals surface area (Å²) in [7, 11) is 0. The van der Waals surface area contributed by atoms with Crippen molar-refractivity contribution in [3.63, 3.8) is 0 Å². The van der Waals surface area contributed by atoms with Crippen LogP contribution in [-0.2, 0) is 4.79 Å². The van der Waals surface area contributed by atoms with Crippen LogP contribution in [0, 0.1) is 13.8 Å². The summed E-state index contributed by atoms with van der Waals surface area (Å²) in [6.45, 7) is 5.67. The molecular formula is C20H23N5O2. The smallest absolute Gasteiger partial charge is 0.295 e. The van der Waals surface area contributed by atoms with Crippen molar-refractivity contribution in [3.05, 3.63) is 52.1 Å². The molecule has 0 saturated heterocycles. The fourth-order valence-electron chi connectivity index (χ4n) is 3.48. The third kappa shape index (κ3) is 3.03. The van der Waals surface area contributed by atoms with Gasteiger partial charge in [0.2, 0.25) is 5.91 Å². The van der Waals surface area contributed by atoms with Crippen molar-refractivity contribution in [1.82, 2.24) is 24.9 Å². The highest BCUT2D eigenvalue weighted by atomic mass is 16.2. The van der Waals surface area contributed by atoms with Crippen LogP contribution in [0.5, 0.6) is 0 Å². The molecule has 0 bridgehead atoms. The Balaban J connectivity index is 1.85. The van der Waals surface area contributed by atoms with Gasteiger partial charge in [0.05, 0.1) is 22.5 Å². The molecule has 1 aromatic carbocycles. The minimum atomic E-state index is -0.622. The molecule has 0 aliphatic heterocycles. The summed E-state index contributed by atoms with van der Waals surface area (Å²) in [4.78, 5) is 25.7. The molecule has 1 fully saturated rings. The molecule has 1 N–H and O–H groups in total. The van der Waals surface area contributed by atoms with Crippen LogP contribution in [0.25, 0.3) is 16.6 Å². The number of aryl methyl sites for hydroxylation is 2. The number of nitrogens with one attached hydrogen (secondary N) is 1. The Morgan fingerprint density at radius 3 is 2.56 bits per heavy atom. The monoisotopic (exact) mass is 365 g/mol. The molecule has 1 aliphatic rings. The number of nitrogens with zero attached hydrogens (tertiary/aromatic N) is 4. The molecule has 27 heavy (non-hydrogen) atoms. The number of aromatic nitrogens is 4. The number of benzene rings is 1. The van der Waals surface area contributed by atoms with E-state index in [-0.39, 0.29) is 17.5 Å². The summed E-state index contributed by atoms with van der Waals surface area (Å²) in [6.07, 6.45) is 2.50. The maximum atomic E-state index is 13.1. The first-order chi connectivity index (χ1) is 13.0. The minimum Gasteiger partial charge on any atom is -0.352 e. The summed E-state index contributed by atoms with van der Waals surface area (Å²) < 4.78 is 3.06. The van der Waals surface area contributed by atoms with Gasteiger partial charge in [-0.2, -0.15) is 10.2 Å². The first-order valence-corrected chi connectivity index (χ1v) is 9.35. The fourth-order valence-corrected chi connectivity index (χ4v) is 3.48. The summed E-state index contributed by atoms with van der Waals surface area (Å²) in [5, 5.41) is 12.8. The predicted octanol–water partition coefficient (Wildman–Crippen LogP) is 2.43. The second kappa shape index (κ2) is 6.64. The van der Waals surface area contributed by atoms with Gasteiger partial charge in [-0.1, -0.05) is 25.1 Å². The Kier molecular flexibility index (Phi) is 4.30. The highest BCUT2D eigenvalue weighted by Gasteiger charge is 2.30. The lowest BCUT2D eigenvalue weighted by Gasteiger charge is -2.17. The van der Waals surface area contributed by atoms with Crippen molar-refractivity contribution < 1.29 is 4.79 Å². The van der Waals surface area contributed by atoms with E-state index in [0.717, 1.165) is 29.6 Å². The standard InChI is InChI=1S/C20H23N5O2/c1-4-16(19(26)21-14-10-11-14)25-20(27)18-17(12(2)22-25)13(3)24(23-18)15-8-6-5-7-9-15/h5-9,14,16H,4,10-11H2,1-3H3,(H,21,26)/t16-/m1/s1. The van der Waals surface area contributed by atoms with Crippen LogP contribution in [0.1, 0.15) is 43.6 Å². The normalized spacial score (nSPS) is 15.1. The van der Waals surface area contributed by atoms with Gasteiger partial charge in [0.1, 0.15) is 6.04 Å². The minimum absolute atomic E-state index is 0.146. The Bertz CT molecular complexity index is 1060. The second-order valence-corrected chi connectivity index (χ2v) is 7.10. The van der Waals surface area contributed by atoms with Crippen LogP contribution >= 0.6 is 0 Å². The molecule has 1 saturated carbocycles. The summed E-state index contributed by atoms with van der Waals surface area (Å²) >= 11 is 0. The number of hydrogen-bond acceptors (Lipinski definition) is 4. The number of para-hydroxylation sites is 1. The number of fused-ring (bicyclic) bond motifs is 1. The maximum Gasteiger partial charge on any atom is 0.295 e. The van der Waals surface area contributed by atoms with Crippen LogP contribution in [0.4, 0.5) is 0 Å². The van der Waals surface area contributed by atoms with Gasteiger partial charge in [0.15, 0.2) is 5.52 Å². The van der Waals surface area contributed by atoms with Gasteiger partial charge in [-0.05, 0) is 45.2 Å². The number of carbonyl (C=O) groups excluding carboxylic acids is 1. The topological polar surface area (TPSA) is 81.8 Å². The summed E-state index contributed by atoms with van der Waals surface area (Å²) in [5.74, 6) is -0.146. The van der Waals surface area contributed by atoms with Crippen molar-refractivity contribution in [3.8, 4) is 5.69 Å². The Morgan fingerprint density at radius 1 is 1.22 bits per heavy atom. The molecule has 140 valence electrons. The van der Waals surface area contributed by atoms with Gasteiger partial charge in [0, 0.05) is 6.04 Å². The lowest BCUT2D eigenvalue weighted by molar-refractivity contribution is -0.124. The first-order valence-electron chi connectivity index (χ1n) is 9.35. The highest BCUT2D eigenvalue weighted by Crippen LogP contribution is 2.23. The molecule has 1 atom stereocenters. The van der Waals surface area contributed by atoms with Gasteiger partial charge in [-0.25, -0.2) is 9.36 Å². The van der Waals surface area contributed by atoms with Crippen molar-refractivity contribution in [2.45, 2.75) is 52.1 Å². The van der Waals surface area contributed by atoms with E-state index in [1.54, 1.807) is 4.68 Å². The lowest BCUT2D eigenvalue weighted by Crippen LogP contribution is -2.39. The first kappa shape index (κ1) is 17.5. The van der Waals surface area contributed by atoms with Crippen LogP contribution in [0.3, 0.4) is 0 Å². The molecule has 1 amide bonds. The Labute approximate surface area is 157 Å². The third-order valence-corrected chi connectivity index (χ3v) is 5.06. The second-order valence-electron chi connectivity index (χ2n) is 7.10. The van der Waals surface area contributed by atoms with Crippen LogP contribution in [0.15, 0.2) is 35.1 Å². The predicted molar refractivity (Wildman–Crippen MR) is 103 cm³/mol. The molecule has 1 aliphatic carbocycles. The highest BCUT2D eigenvalue weighted by molar-refractivity contribution is 5.84.